The second kappa shape index (κ2) is 6.70. The number of hydrogen-bond acceptors (Lipinski definition) is 3. The molecular formula is C12H20ClNO3S. The standard InChI is InChI=1S/C12H20ClNO3S/c1-3-9(2)12(8-15)14-18(16,17)11-6-4-10(13)5-7-11/h4,6,9,12,14-15H,3,5,7-8H2,1-2H3/t9-,12+/m0/s1. The van der Waals surface area contributed by atoms with E-state index in [1.54, 1.807) is 6.08 Å². The molecule has 0 aromatic carbocycles. The fourth-order valence-corrected chi connectivity index (χ4v) is 3.34. The molecule has 6 heteroatoms. The molecule has 4 nitrogen and oxygen atoms in total. The van der Waals surface area contributed by atoms with Crippen LogP contribution in [0.1, 0.15) is 33.1 Å². The van der Waals surface area contributed by atoms with Crippen molar-refractivity contribution in [3.05, 3.63) is 22.1 Å². The van der Waals surface area contributed by atoms with Gasteiger partial charge in [0.25, 0.3) is 0 Å². The van der Waals surface area contributed by atoms with Crippen LogP contribution >= 0.6 is 11.6 Å². The summed E-state index contributed by atoms with van der Waals surface area (Å²) in [5, 5.41) is 9.91. The molecule has 0 amide bonds. The summed E-state index contributed by atoms with van der Waals surface area (Å²) in [6.07, 6.45) is 4.89. The Labute approximate surface area is 114 Å². The van der Waals surface area contributed by atoms with E-state index < -0.39 is 16.1 Å². The number of sulfonamides is 1. The maximum atomic E-state index is 12.1. The van der Waals surface area contributed by atoms with Crippen molar-refractivity contribution < 1.29 is 13.5 Å². The molecule has 2 atom stereocenters. The van der Waals surface area contributed by atoms with E-state index >= 15 is 0 Å². The number of hydrogen-bond donors (Lipinski definition) is 2. The highest BCUT2D eigenvalue weighted by Crippen LogP contribution is 2.24. The molecular weight excluding hydrogens is 274 g/mol. The summed E-state index contributed by atoms with van der Waals surface area (Å²) >= 11 is 5.80. The van der Waals surface area contributed by atoms with Gasteiger partial charge in [0.15, 0.2) is 0 Å². The van der Waals surface area contributed by atoms with Gasteiger partial charge in [-0.3, -0.25) is 0 Å². The van der Waals surface area contributed by atoms with Crippen LogP contribution in [0.15, 0.2) is 22.1 Å². The first-order chi connectivity index (χ1) is 8.40. The minimum atomic E-state index is -3.53. The van der Waals surface area contributed by atoms with Crippen LogP contribution in [0, 0.1) is 5.92 Å². The van der Waals surface area contributed by atoms with Gasteiger partial charge in [-0.15, -0.1) is 0 Å². The topological polar surface area (TPSA) is 66.4 Å². The molecule has 18 heavy (non-hydrogen) atoms. The molecule has 0 unspecified atom stereocenters. The van der Waals surface area contributed by atoms with E-state index in [9.17, 15) is 13.5 Å². The Morgan fingerprint density at radius 1 is 1.44 bits per heavy atom. The van der Waals surface area contributed by atoms with E-state index in [-0.39, 0.29) is 12.5 Å². The van der Waals surface area contributed by atoms with Crippen molar-refractivity contribution in [1.29, 1.82) is 0 Å². The molecule has 1 aliphatic carbocycles. The zero-order valence-electron chi connectivity index (χ0n) is 10.7. The molecule has 0 bridgehead atoms. The van der Waals surface area contributed by atoms with Gasteiger partial charge < -0.3 is 5.11 Å². The smallest absolute Gasteiger partial charge is 0.237 e. The lowest BCUT2D eigenvalue weighted by Gasteiger charge is -2.23. The number of allylic oxidation sites excluding steroid dienone is 4. The van der Waals surface area contributed by atoms with Gasteiger partial charge in [0.2, 0.25) is 10.0 Å². The fraction of sp³-hybridized carbons (Fsp3) is 0.667. The number of rotatable bonds is 6. The van der Waals surface area contributed by atoms with E-state index in [2.05, 4.69) is 4.72 Å². The predicted molar refractivity (Wildman–Crippen MR) is 73.6 cm³/mol. The second-order valence-corrected chi connectivity index (χ2v) is 6.79. The third-order valence-electron chi connectivity index (χ3n) is 3.24. The van der Waals surface area contributed by atoms with E-state index in [1.165, 1.54) is 6.08 Å². The second-order valence-electron chi connectivity index (χ2n) is 4.54. The first-order valence-corrected chi connectivity index (χ1v) is 7.95. The molecule has 0 aromatic rings. The Morgan fingerprint density at radius 3 is 2.56 bits per heavy atom. The average Bonchev–Trinajstić information content (AvgIpc) is 2.35. The Bertz CT molecular complexity index is 442. The monoisotopic (exact) mass is 293 g/mol. The molecule has 104 valence electrons. The van der Waals surface area contributed by atoms with Crippen LogP contribution < -0.4 is 4.72 Å². The highest BCUT2D eigenvalue weighted by atomic mass is 35.5. The summed E-state index contributed by atoms with van der Waals surface area (Å²) in [4.78, 5) is 0.327. The van der Waals surface area contributed by atoms with Crippen molar-refractivity contribution in [2.45, 2.75) is 39.2 Å². The van der Waals surface area contributed by atoms with Crippen LogP contribution in [-0.4, -0.2) is 26.2 Å². The van der Waals surface area contributed by atoms with Gasteiger partial charge >= 0.3 is 0 Å². The Morgan fingerprint density at radius 2 is 2.11 bits per heavy atom. The maximum Gasteiger partial charge on any atom is 0.237 e. The molecule has 0 aromatic heterocycles. The van der Waals surface area contributed by atoms with Crippen molar-refractivity contribution in [1.82, 2.24) is 4.72 Å². The molecule has 0 fully saturated rings. The zero-order valence-corrected chi connectivity index (χ0v) is 12.3. The maximum absolute atomic E-state index is 12.1. The van der Waals surface area contributed by atoms with E-state index in [1.807, 2.05) is 13.8 Å². The number of nitrogens with one attached hydrogen (secondary N) is 1. The molecule has 0 aliphatic heterocycles. The number of halogens is 1. The van der Waals surface area contributed by atoms with Gasteiger partial charge in [0.05, 0.1) is 11.5 Å². The molecule has 1 aliphatic rings. The first kappa shape index (κ1) is 15.7. The van der Waals surface area contributed by atoms with Crippen LogP contribution in [0.4, 0.5) is 0 Å². The van der Waals surface area contributed by atoms with Gasteiger partial charge in [0.1, 0.15) is 0 Å². The van der Waals surface area contributed by atoms with Gasteiger partial charge in [-0.25, -0.2) is 13.1 Å². The summed E-state index contributed by atoms with van der Waals surface area (Å²) in [5.41, 5.74) is 0. The molecule has 0 spiro atoms. The van der Waals surface area contributed by atoms with Crippen LogP contribution in [-0.2, 0) is 10.0 Å². The first-order valence-electron chi connectivity index (χ1n) is 6.09. The summed E-state index contributed by atoms with van der Waals surface area (Å²) in [6.45, 7) is 3.68. The van der Waals surface area contributed by atoms with Crippen LogP contribution in [0.5, 0.6) is 0 Å². The normalized spacial score (nSPS) is 20.0. The van der Waals surface area contributed by atoms with Crippen molar-refractivity contribution in [2.75, 3.05) is 6.61 Å². The number of aliphatic hydroxyl groups excluding tert-OH is 1. The minimum Gasteiger partial charge on any atom is -0.395 e. The highest BCUT2D eigenvalue weighted by molar-refractivity contribution is 7.93. The van der Waals surface area contributed by atoms with E-state index in [0.717, 1.165) is 6.42 Å². The Balaban J connectivity index is 2.82. The van der Waals surface area contributed by atoms with E-state index in [0.29, 0.717) is 22.8 Å². The lowest BCUT2D eigenvalue weighted by atomic mass is 10.0. The van der Waals surface area contributed by atoms with Gasteiger partial charge in [-0.2, -0.15) is 0 Å². The van der Waals surface area contributed by atoms with Crippen LogP contribution in [0.2, 0.25) is 0 Å². The predicted octanol–water partition coefficient (Wildman–Crippen LogP) is 2.11. The molecule has 2 N–H and O–H groups in total. The van der Waals surface area contributed by atoms with Crippen LogP contribution in [0.25, 0.3) is 0 Å². The lowest BCUT2D eigenvalue weighted by molar-refractivity contribution is 0.219. The van der Waals surface area contributed by atoms with Crippen LogP contribution in [0.3, 0.4) is 0 Å². The van der Waals surface area contributed by atoms with E-state index in [4.69, 9.17) is 11.6 Å². The summed E-state index contributed by atoms with van der Waals surface area (Å²) in [7, 11) is -3.53. The Kier molecular flexibility index (Phi) is 5.85. The highest BCUT2D eigenvalue weighted by Gasteiger charge is 2.25. The largest absolute Gasteiger partial charge is 0.395 e. The van der Waals surface area contributed by atoms with Crippen molar-refractivity contribution >= 4 is 21.6 Å². The Hall–Kier alpha value is -0.360. The zero-order chi connectivity index (χ0) is 13.8. The van der Waals surface area contributed by atoms with Gasteiger partial charge in [0, 0.05) is 11.1 Å². The van der Waals surface area contributed by atoms with Crippen molar-refractivity contribution in [2.24, 2.45) is 5.92 Å². The third-order valence-corrected chi connectivity index (χ3v) is 5.20. The molecule has 0 saturated carbocycles. The van der Waals surface area contributed by atoms with Gasteiger partial charge in [-0.05, 0) is 30.9 Å². The average molecular weight is 294 g/mol. The fourth-order valence-electron chi connectivity index (χ4n) is 1.71. The van der Waals surface area contributed by atoms with Crippen molar-refractivity contribution in [3.8, 4) is 0 Å². The summed E-state index contributed by atoms with van der Waals surface area (Å²) in [5.74, 6) is 0.0908. The minimum absolute atomic E-state index is 0.0908. The number of aliphatic hydroxyl groups is 1. The third kappa shape index (κ3) is 4.09. The lowest BCUT2D eigenvalue weighted by Crippen LogP contribution is -2.42. The quantitative estimate of drug-likeness (QED) is 0.788. The van der Waals surface area contributed by atoms with Crippen molar-refractivity contribution in [3.63, 3.8) is 0 Å². The molecule has 0 radical (unpaired) electrons. The molecule has 1 rings (SSSR count). The molecule has 0 heterocycles. The SMILES string of the molecule is CC[C@H](C)[C@@H](CO)NS(=O)(=O)C1=CC=C(Cl)CC1. The summed E-state index contributed by atoms with van der Waals surface area (Å²) < 4.78 is 26.8. The van der Waals surface area contributed by atoms with Gasteiger partial charge in [-0.1, -0.05) is 31.9 Å². The summed E-state index contributed by atoms with van der Waals surface area (Å²) in [6, 6.07) is -0.442. The molecule has 0 saturated heterocycles.